The van der Waals surface area contributed by atoms with Crippen LogP contribution in [0, 0.1) is 5.92 Å². The van der Waals surface area contributed by atoms with E-state index in [9.17, 15) is 8.42 Å². The van der Waals surface area contributed by atoms with Crippen LogP contribution in [0.3, 0.4) is 0 Å². The molecule has 0 bridgehead atoms. The van der Waals surface area contributed by atoms with Gasteiger partial charge in [0.2, 0.25) is 10.0 Å². The smallest absolute Gasteiger partial charge is 0.240 e. The van der Waals surface area contributed by atoms with Crippen LogP contribution in [-0.2, 0) is 10.0 Å². The predicted octanol–water partition coefficient (Wildman–Crippen LogP) is 2.36. The van der Waals surface area contributed by atoms with Crippen LogP contribution in [0.4, 0.5) is 5.69 Å². The number of benzene rings is 1. The summed E-state index contributed by atoms with van der Waals surface area (Å²) in [6.07, 6.45) is 0.811. The predicted molar refractivity (Wildman–Crippen MR) is 73.2 cm³/mol. The van der Waals surface area contributed by atoms with Gasteiger partial charge >= 0.3 is 0 Å². The molecule has 17 heavy (non-hydrogen) atoms. The zero-order chi connectivity index (χ0) is 13.1. The van der Waals surface area contributed by atoms with Crippen molar-refractivity contribution in [3.05, 3.63) is 22.7 Å². The minimum Gasteiger partial charge on any atom is -0.398 e. The lowest BCUT2D eigenvalue weighted by molar-refractivity contribution is 0.551. The number of hydrogen-bond donors (Lipinski definition) is 2. The third kappa shape index (κ3) is 4.29. The highest BCUT2D eigenvalue weighted by Crippen LogP contribution is 2.22. The van der Waals surface area contributed by atoms with Gasteiger partial charge in [-0.3, -0.25) is 0 Å². The zero-order valence-electron chi connectivity index (χ0n) is 9.90. The Kier molecular flexibility index (Phi) is 4.97. The first-order valence-electron chi connectivity index (χ1n) is 5.37. The zero-order valence-corrected chi connectivity index (χ0v) is 12.3. The van der Waals surface area contributed by atoms with Crippen LogP contribution in [0.1, 0.15) is 20.3 Å². The fraction of sp³-hybridized carbons (Fsp3) is 0.455. The summed E-state index contributed by atoms with van der Waals surface area (Å²) in [4.78, 5) is 0.196. The number of anilines is 1. The summed E-state index contributed by atoms with van der Waals surface area (Å²) in [5.74, 6) is 0.465. The Labute approximate surface area is 111 Å². The normalized spacial score (nSPS) is 12.0. The van der Waals surface area contributed by atoms with Crippen LogP contribution in [0.25, 0.3) is 0 Å². The average Bonchev–Trinajstić information content (AvgIpc) is 2.21. The van der Waals surface area contributed by atoms with E-state index in [0.717, 1.165) is 6.42 Å². The minimum absolute atomic E-state index is 0.196. The largest absolute Gasteiger partial charge is 0.398 e. The number of hydrogen-bond acceptors (Lipinski definition) is 3. The fourth-order valence-corrected chi connectivity index (χ4v) is 2.58. The van der Waals surface area contributed by atoms with Crippen molar-refractivity contribution in [3.63, 3.8) is 0 Å². The molecule has 0 aliphatic heterocycles. The molecule has 6 heteroatoms. The van der Waals surface area contributed by atoms with E-state index in [-0.39, 0.29) is 4.90 Å². The summed E-state index contributed by atoms with van der Waals surface area (Å²) in [6, 6.07) is 4.60. The second-order valence-corrected chi connectivity index (χ2v) is 6.88. The molecule has 0 heterocycles. The third-order valence-electron chi connectivity index (χ3n) is 2.29. The van der Waals surface area contributed by atoms with Gasteiger partial charge in [0.05, 0.1) is 4.90 Å². The fourth-order valence-electron chi connectivity index (χ4n) is 1.25. The maximum atomic E-state index is 11.9. The van der Waals surface area contributed by atoms with Crippen LogP contribution >= 0.6 is 15.9 Å². The van der Waals surface area contributed by atoms with E-state index in [4.69, 9.17) is 5.73 Å². The van der Waals surface area contributed by atoms with Crippen LogP contribution in [0.5, 0.6) is 0 Å². The Hall–Kier alpha value is -0.590. The van der Waals surface area contributed by atoms with Gasteiger partial charge in [-0.1, -0.05) is 13.8 Å². The molecular formula is C11H17BrN2O2S. The summed E-state index contributed by atoms with van der Waals surface area (Å²) in [7, 11) is -3.45. The second kappa shape index (κ2) is 5.84. The third-order valence-corrected chi connectivity index (χ3v) is 4.47. The van der Waals surface area contributed by atoms with E-state index in [1.165, 1.54) is 12.1 Å². The quantitative estimate of drug-likeness (QED) is 0.818. The maximum absolute atomic E-state index is 11.9. The van der Waals surface area contributed by atoms with Crippen LogP contribution in [-0.4, -0.2) is 15.0 Å². The molecular weight excluding hydrogens is 304 g/mol. The van der Waals surface area contributed by atoms with Crippen molar-refractivity contribution in [2.75, 3.05) is 12.3 Å². The molecule has 0 radical (unpaired) electrons. The molecule has 0 aromatic heterocycles. The van der Waals surface area contributed by atoms with E-state index >= 15 is 0 Å². The van der Waals surface area contributed by atoms with Crippen molar-refractivity contribution in [1.82, 2.24) is 4.72 Å². The number of sulfonamides is 1. The molecule has 0 fully saturated rings. The number of nitrogens with two attached hydrogens (primary N) is 1. The van der Waals surface area contributed by atoms with Gasteiger partial charge in [-0.2, -0.15) is 0 Å². The van der Waals surface area contributed by atoms with E-state index in [1.807, 2.05) is 13.8 Å². The van der Waals surface area contributed by atoms with Gasteiger partial charge in [-0.05, 0) is 46.5 Å². The lowest BCUT2D eigenvalue weighted by atomic mass is 10.1. The van der Waals surface area contributed by atoms with E-state index in [1.54, 1.807) is 6.07 Å². The topological polar surface area (TPSA) is 72.2 Å². The molecule has 0 aliphatic rings. The Bertz CT molecular complexity index is 486. The van der Waals surface area contributed by atoms with Crippen molar-refractivity contribution in [2.45, 2.75) is 25.2 Å². The minimum atomic E-state index is -3.45. The molecule has 3 N–H and O–H groups in total. The Morgan fingerprint density at radius 3 is 2.59 bits per heavy atom. The van der Waals surface area contributed by atoms with Crippen molar-refractivity contribution in [3.8, 4) is 0 Å². The summed E-state index contributed by atoms with van der Waals surface area (Å²) in [5, 5.41) is 0. The van der Waals surface area contributed by atoms with Gasteiger partial charge in [-0.15, -0.1) is 0 Å². The number of nitrogens with one attached hydrogen (secondary N) is 1. The first-order chi connectivity index (χ1) is 7.83. The molecule has 0 amide bonds. The molecule has 0 saturated heterocycles. The molecule has 0 aliphatic carbocycles. The number of halogens is 1. The Morgan fingerprint density at radius 2 is 2.06 bits per heavy atom. The lowest BCUT2D eigenvalue weighted by Gasteiger charge is -2.09. The first kappa shape index (κ1) is 14.5. The summed E-state index contributed by atoms with van der Waals surface area (Å²) in [5.41, 5.74) is 6.07. The molecule has 96 valence electrons. The van der Waals surface area contributed by atoms with E-state index < -0.39 is 10.0 Å². The molecule has 4 nitrogen and oxygen atoms in total. The monoisotopic (exact) mass is 320 g/mol. The van der Waals surface area contributed by atoms with E-state index in [2.05, 4.69) is 20.7 Å². The summed E-state index contributed by atoms with van der Waals surface area (Å²) >= 11 is 3.23. The Morgan fingerprint density at radius 1 is 1.41 bits per heavy atom. The van der Waals surface area contributed by atoms with Gasteiger partial charge in [0.25, 0.3) is 0 Å². The van der Waals surface area contributed by atoms with Crippen LogP contribution < -0.4 is 10.5 Å². The van der Waals surface area contributed by atoms with Gasteiger partial charge in [0.15, 0.2) is 0 Å². The molecule has 0 spiro atoms. The maximum Gasteiger partial charge on any atom is 0.240 e. The van der Waals surface area contributed by atoms with Crippen molar-refractivity contribution < 1.29 is 8.42 Å². The molecule has 0 saturated carbocycles. The highest BCUT2D eigenvalue weighted by atomic mass is 79.9. The molecule has 1 aromatic carbocycles. The highest BCUT2D eigenvalue weighted by Gasteiger charge is 2.14. The lowest BCUT2D eigenvalue weighted by Crippen LogP contribution is -2.25. The van der Waals surface area contributed by atoms with Gasteiger partial charge in [0.1, 0.15) is 0 Å². The average molecular weight is 321 g/mol. The molecule has 0 atom stereocenters. The number of nitrogen functional groups attached to an aromatic ring is 1. The molecule has 1 aromatic rings. The Balaban J connectivity index is 2.79. The van der Waals surface area contributed by atoms with Gasteiger partial charge in [0, 0.05) is 16.7 Å². The molecule has 1 rings (SSSR count). The van der Waals surface area contributed by atoms with Crippen molar-refractivity contribution >= 4 is 31.6 Å². The van der Waals surface area contributed by atoms with E-state index in [0.29, 0.717) is 22.6 Å². The van der Waals surface area contributed by atoms with Crippen LogP contribution in [0.15, 0.2) is 27.6 Å². The van der Waals surface area contributed by atoms with Crippen LogP contribution in [0.2, 0.25) is 0 Å². The van der Waals surface area contributed by atoms with Gasteiger partial charge < -0.3 is 5.73 Å². The SMILES string of the molecule is CC(C)CCNS(=O)(=O)c1ccc(Br)c(N)c1. The summed E-state index contributed by atoms with van der Waals surface area (Å²) < 4.78 is 27.0. The standard InChI is InChI=1S/C11H17BrN2O2S/c1-8(2)5-6-14-17(15,16)9-3-4-10(12)11(13)7-9/h3-4,7-8,14H,5-6,13H2,1-2H3. The number of rotatable bonds is 5. The highest BCUT2D eigenvalue weighted by molar-refractivity contribution is 9.10. The summed E-state index contributed by atoms with van der Waals surface area (Å²) in [6.45, 7) is 4.54. The second-order valence-electron chi connectivity index (χ2n) is 4.26. The van der Waals surface area contributed by atoms with Gasteiger partial charge in [-0.25, -0.2) is 13.1 Å². The molecule has 0 unspecified atom stereocenters. The van der Waals surface area contributed by atoms with Crippen molar-refractivity contribution in [1.29, 1.82) is 0 Å². The van der Waals surface area contributed by atoms with Crippen molar-refractivity contribution in [2.24, 2.45) is 5.92 Å². The first-order valence-corrected chi connectivity index (χ1v) is 7.65.